The van der Waals surface area contributed by atoms with E-state index in [1.165, 1.54) is 11.9 Å². The van der Waals surface area contributed by atoms with Crippen molar-refractivity contribution in [3.8, 4) is 5.75 Å². The molecule has 2 aliphatic heterocycles. The number of anilines is 1. The number of carbonyl (C=O) groups excluding carboxylic acids is 4. The van der Waals surface area contributed by atoms with Gasteiger partial charge in [-0.25, -0.2) is 0 Å². The van der Waals surface area contributed by atoms with Crippen LogP contribution in [0.4, 0.5) is 5.69 Å². The van der Waals surface area contributed by atoms with E-state index in [2.05, 4.69) is 0 Å². The fourth-order valence-electron chi connectivity index (χ4n) is 6.94. The van der Waals surface area contributed by atoms with E-state index in [0.29, 0.717) is 27.6 Å². The maximum atomic E-state index is 14.0. The lowest BCUT2D eigenvalue weighted by atomic mass is 9.56. The van der Waals surface area contributed by atoms with Crippen molar-refractivity contribution in [1.82, 2.24) is 4.90 Å². The lowest BCUT2D eigenvalue weighted by Crippen LogP contribution is -2.60. The molecule has 6 rings (SSSR count). The second-order valence-corrected chi connectivity index (χ2v) is 12.3. The molecule has 4 amide bonds. The van der Waals surface area contributed by atoms with E-state index < -0.39 is 51.1 Å². The van der Waals surface area contributed by atoms with Gasteiger partial charge in [0.2, 0.25) is 11.8 Å². The Kier molecular flexibility index (Phi) is 6.53. The zero-order chi connectivity index (χ0) is 28.6. The summed E-state index contributed by atoms with van der Waals surface area (Å²) in [5.74, 6) is -4.71. The minimum Gasteiger partial charge on any atom is -0.491 e. The fraction of sp³-hybridized carbons (Fsp3) is 0.379. The van der Waals surface area contributed by atoms with Crippen LogP contribution < -0.4 is 9.64 Å². The number of aliphatic hydroxyl groups is 1. The predicted molar refractivity (Wildman–Crippen MR) is 148 cm³/mol. The lowest BCUT2D eigenvalue weighted by molar-refractivity contribution is -0.138. The van der Waals surface area contributed by atoms with Crippen molar-refractivity contribution in [1.29, 1.82) is 0 Å². The van der Waals surface area contributed by atoms with Gasteiger partial charge < -0.3 is 9.84 Å². The summed E-state index contributed by atoms with van der Waals surface area (Å²) < 4.78 is 5.82. The predicted octanol–water partition coefficient (Wildman–Crippen LogP) is 3.90. The van der Waals surface area contributed by atoms with Gasteiger partial charge in [-0.2, -0.15) is 0 Å². The number of carbonyl (C=O) groups is 4. The quantitative estimate of drug-likeness (QED) is 0.316. The molecule has 4 aliphatic rings. The summed E-state index contributed by atoms with van der Waals surface area (Å²) in [5, 5.41) is 9.86. The molecule has 0 spiro atoms. The third-order valence-electron chi connectivity index (χ3n) is 8.68. The number of nitrogens with zero attached hydrogens (tertiary/aromatic N) is 2. The van der Waals surface area contributed by atoms with Gasteiger partial charge in [0.15, 0.2) is 9.75 Å². The average molecular weight is 604 g/mol. The molecule has 0 radical (unpaired) electrons. The number of ether oxygens (including phenoxy) is 1. The Balaban J connectivity index is 1.51. The Morgan fingerprint density at radius 1 is 0.975 bits per heavy atom. The highest BCUT2D eigenvalue weighted by molar-refractivity contribution is 6.53. The highest BCUT2D eigenvalue weighted by atomic mass is 35.5. The van der Waals surface area contributed by atoms with Crippen LogP contribution in [-0.2, 0) is 19.2 Å². The number of hydrogen-bond donors (Lipinski definition) is 1. The third kappa shape index (κ3) is 3.56. The van der Waals surface area contributed by atoms with Crippen LogP contribution in [0.1, 0.15) is 24.3 Å². The van der Waals surface area contributed by atoms with Crippen molar-refractivity contribution in [2.75, 3.05) is 25.2 Å². The molecule has 0 bridgehead atoms. The summed E-state index contributed by atoms with van der Waals surface area (Å²) in [6, 6.07) is 13.4. The SMILES string of the molecule is CN1C(=O)[C@]2(Cl)C[C@@H]3C(=CC[C@@H]4C(=O)N(c5ccc(Cl)cc5)C(=O)[C@@H]43)[C@H](c3ccccc3OCCO)[C@]2(Cl)C1=O. The molecule has 2 saturated heterocycles. The van der Waals surface area contributed by atoms with Crippen LogP contribution in [0.2, 0.25) is 5.02 Å². The number of aliphatic hydroxyl groups excluding tert-OH is 1. The maximum absolute atomic E-state index is 14.0. The zero-order valence-corrected chi connectivity index (χ0v) is 23.6. The number of imide groups is 2. The number of para-hydroxylation sites is 1. The average Bonchev–Trinajstić information content (AvgIpc) is 3.27. The smallest absolute Gasteiger partial charge is 0.253 e. The molecule has 1 saturated carbocycles. The number of hydrogen-bond acceptors (Lipinski definition) is 6. The Morgan fingerprint density at radius 3 is 2.38 bits per heavy atom. The first-order valence-corrected chi connectivity index (χ1v) is 14.1. The number of allylic oxidation sites excluding steroid dienone is 2. The standard InChI is InChI=1S/C29H25Cl3N2O6/c1-33-26(38)28(31)14-20-17(23(29(28,32)27(33)39)18-4-2-3-5-21(18)40-13-12-35)10-11-19-22(20)25(37)34(24(19)36)16-8-6-15(30)7-9-16/h2-10,19-20,22-23,35H,11-14H2,1H3/t19-,20+,22-,23+,28+,29-/m0/s1. The van der Waals surface area contributed by atoms with E-state index in [-0.39, 0.29) is 32.0 Å². The molecule has 2 aliphatic carbocycles. The van der Waals surface area contributed by atoms with E-state index >= 15 is 0 Å². The molecular weight excluding hydrogens is 579 g/mol. The van der Waals surface area contributed by atoms with Gasteiger partial charge in [-0.1, -0.05) is 41.4 Å². The normalized spacial score (nSPS) is 33.1. The number of likely N-dealkylation sites (tertiary alicyclic amines) is 1. The van der Waals surface area contributed by atoms with Gasteiger partial charge in [-0.15, -0.1) is 23.2 Å². The second kappa shape index (κ2) is 9.58. The molecule has 208 valence electrons. The Morgan fingerprint density at radius 2 is 1.68 bits per heavy atom. The van der Waals surface area contributed by atoms with E-state index in [1.54, 1.807) is 48.5 Å². The Labute approximate surface area is 245 Å². The van der Waals surface area contributed by atoms with Crippen LogP contribution in [0.5, 0.6) is 5.75 Å². The minimum atomic E-state index is -1.91. The zero-order valence-electron chi connectivity index (χ0n) is 21.4. The van der Waals surface area contributed by atoms with Crippen molar-refractivity contribution in [2.45, 2.75) is 28.5 Å². The molecule has 40 heavy (non-hydrogen) atoms. The van der Waals surface area contributed by atoms with Crippen molar-refractivity contribution in [3.05, 3.63) is 70.8 Å². The first-order chi connectivity index (χ1) is 19.1. The molecule has 0 unspecified atom stereocenters. The first kappa shape index (κ1) is 27.3. The topological polar surface area (TPSA) is 104 Å². The molecule has 6 atom stereocenters. The molecule has 3 fully saturated rings. The molecule has 2 aromatic carbocycles. The van der Waals surface area contributed by atoms with Gasteiger partial charge in [0, 0.05) is 23.6 Å². The molecule has 2 heterocycles. The van der Waals surface area contributed by atoms with Crippen LogP contribution in [0.25, 0.3) is 0 Å². The van der Waals surface area contributed by atoms with E-state index in [9.17, 15) is 24.3 Å². The molecule has 8 nitrogen and oxygen atoms in total. The Hall–Kier alpha value is -2.91. The van der Waals surface area contributed by atoms with Crippen LogP contribution in [0.15, 0.2) is 60.2 Å². The number of amides is 4. The largest absolute Gasteiger partial charge is 0.491 e. The summed E-state index contributed by atoms with van der Waals surface area (Å²) in [5.41, 5.74) is 1.58. The summed E-state index contributed by atoms with van der Waals surface area (Å²) in [6.07, 6.45) is 2.03. The number of rotatable bonds is 5. The van der Waals surface area contributed by atoms with Gasteiger partial charge in [0.1, 0.15) is 12.4 Å². The van der Waals surface area contributed by atoms with Crippen LogP contribution in [0, 0.1) is 17.8 Å². The maximum Gasteiger partial charge on any atom is 0.253 e. The van der Waals surface area contributed by atoms with Gasteiger partial charge in [-0.3, -0.25) is 29.0 Å². The Bertz CT molecular complexity index is 1480. The molecular formula is C29H25Cl3N2O6. The minimum absolute atomic E-state index is 0.00592. The van der Waals surface area contributed by atoms with Crippen LogP contribution >= 0.6 is 34.8 Å². The van der Waals surface area contributed by atoms with E-state index in [0.717, 1.165) is 4.90 Å². The second-order valence-electron chi connectivity index (χ2n) is 10.6. The number of alkyl halides is 2. The monoisotopic (exact) mass is 602 g/mol. The summed E-state index contributed by atoms with van der Waals surface area (Å²) >= 11 is 20.4. The van der Waals surface area contributed by atoms with Crippen molar-refractivity contribution in [3.63, 3.8) is 0 Å². The summed E-state index contributed by atoms with van der Waals surface area (Å²) in [7, 11) is 1.34. The van der Waals surface area contributed by atoms with Crippen LogP contribution in [-0.4, -0.2) is 63.6 Å². The molecule has 1 N–H and O–H groups in total. The molecule has 2 aromatic rings. The van der Waals surface area contributed by atoms with Gasteiger partial charge in [0.25, 0.3) is 11.8 Å². The highest BCUT2D eigenvalue weighted by Crippen LogP contribution is 2.66. The van der Waals surface area contributed by atoms with E-state index in [4.69, 9.17) is 39.5 Å². The van der Waals surface area contributed by atoms with E-state index in [1.807, 2.05) is 6.08 Å². The third-order valence-corrected chi connectivity index (χ3v) is 10.3. The van der Waals surface area contributed by atoms with Crippen molar-refractivity contribution in [2.24, 2.45) is 17.8 Å². The summed E-state index contributed by atoms with van der Waals surface area (Å²) in [4.78, 5) is 53.2. The van der Waals surface area contributed by atoms with Crippen molar-refractivity contribution >= 4 is 64.1 Å². The lowest BCUT2D eigenvalue weighted by Gasteiger charge is -2.51. The fourth-order valence-corrected chi connectivity index (χ4v) is 8.08. The number of halogens is 3. The van der Waals surface area contributed by atoms with Gasteiger partial charge in [-0.05, 0) is 49.1 Å². The van der Waals surface area contributed by atoms with Crippen molar-refractivity contribution < 1.29 is 29.0 Å². The highest BCUT2D eigenvalue weighted by Gasteiger charge is 2.76. The molecule has 0 aromatic heterocycles. The van der Waals surface area contributed by atoms with Gasteiger partial charge >= 0.3 is 0 Å². The van der Waals surface area contributed by atoms with Crippen LogP contribution in [0.3, 0.4) is 0 Å². The number of benzene rings is 2. The van der Waals surface area contributed by atoms with Gasteiger partial charge in [0.05, 0.1) is 24.1 Å². The first-order valence-electron chi connectivity index (χ1n) is 12.9. The summed E-state index contributed by atoms with van der Waals surface area (Å²) in [6.45, 7) is -0.245. The number of fused-ring (bicyclic) bond motifs is 4. The molecule has 11 heteroatoms.